The molecule has 208 valence electrons. The van der Waals surface area contributed by atoms with Gasteiger partial charge in [0.2, 0.25) is 11.9 Å². The highest BCUT2D eigenvalue weighted by Crippen LogP contribution is 2.42. The van der Waals surface area contributed by atoms with E-state index < -0.39 is 11.6 Å². The number of aromatic nitrogens is 4. The molecule has 2 atom stereocenters. The number of H-pyrrole nitrogens is 1. The number of likely N-dealkylation sites (N-methyl/N-ethyl adjacent to an activating group) is 1. The number of amides is 1. The lowest BCUT2D eigenvalue weighted by atomic mass is 9.99. The van der Waals surface area contributed by atoms with Crippen LogP contribution in [-0.4, -0.2) is 82.3 Å². The maximum atomic E-state index is 16.6. The van der Waals surface area contributed by atoms with E-state index in [1.165, 1.54) is 12.1 Å². The molecule has 0 radical (unpaired) electrons. The Morgan fingerprint density at radius 1 is 1.15 bits per heavy atom. The third-order valence-electron chi connectivity index (χ3n) is 7.96. The number of hydrogen-bond acceptors (Lipinski definition) is 7. The molecule has 0 saturated carbocycles. The molecule has 2 fully saturated rings. The highest BCUT2D eigenvalue weighted by molar-refractivity contribution is 6.35. The number of halogens is 3. The quantitative estimate of drug-likeness (QED) is 0.351. The van der Waals surface area contributed by atoms with Crippen molar-refractivity contribution in [1.82, 2.24) is 30.4 Å². The largest absolute Gasteiger partial charge is 0.349 e. The van der Waals surface area contributed by atoms with Gasteiger partial charge in [0.05, 0.1) is 16.7 Å². The van der Waals surface area contributed by atoms with E-state index in [0.717, 1.165) is 0 Å². The van der Waals surface area contributed by atoms with Crippen LogP contribution in [-0.2, 0) is 4.79 Å². The summed E-state index contributed by atoms with van der Waals surface area (Å²) >= 11 is 6.72. The molecule has 40 heavy (non-hydrogen) atoms. The molecule has 2 N–H and O–H groups in total. The van der Waals surface area contributed by atoms with Gasteiger partial charge < -0.3 is 20.0 Å². The smallest absolute Gasteiger partial charge is 0.246 e. The molecule has 1 amide bonds. The molecular weight excluding hydrogens is 538 g/mol. The molecule has 2 aromatic heterocycles. The van der Waals surface area contributed by atoms with E-state index in [2.05, 4.69) is 32.0 Å². The molecular formula is C28H29ClF2N8O. The van der Waals surface area contributed by atoms with Crippen molar-refractivity contribution in [3.8, 4) is 11.1 Å². The number of rotatable bonds is 5. The Bertz CT molecular complexity index is 1650. The van der Waals surface area contributed by atoms with Crippen molar-refractivity contribution in [2.45, 2.75) is 32.0 Å². The Labute approximate surface area is 234 Å². The fourth-order valence-electron chi connectivity index (χ4n) is 5.66. The van der Waals surface area contributed by atoms with Crippen molar-refractivity contribution < 1.29 is 13.6 Å². The van der Waals surface area contributed by atoms with Crippen molar-refractivity contribution in [3.05, 3.63) is 53.7 Å². The van der Waals surface area contributed by atoms with Crippen LogP contribution in [0.3, 0.4) is 0 Å². The van der Waals surface area contributed by atoms with Crippen molar-refractivity contribution in [1.29, 1.82) is 0 Å². The number of carbonyl (C=O) groups is 1. The van der Waals surface area contributed by atoms with Crippen molar-refractivity contribution >= 4 is 51.1 Å². The highest BCUT2D eigenvalue weighted by atomic mass is 35.5. The van der Waals surface area contributed by atoms with Gasteiger partial charge in [-0.2, -0.15) is 10.1 Å². The Morgan fingerprint density at radius 2 is 1.93 bits per heavy atom. The second-order valence-corrected chi connectivity index (χ2v) is 10.9. The van der Waals surface area contributed by atoms with Crippen LogP contribution < -0.4 is 15.1 Å². The summed E-state index contributed by atoms with van der Waals surface area (Å²) in [7, 11) is 1.89. The number of aromatic amines is 1. The van der Waals surface area contributed by atoms with Gasteiger partial charge in [0, 0.05) is 66.2 Å². The third-order valence-corrected chi connectivity index (χ3v) is 8.25. The minimum atomic E-state index is -0.736. The zero-order valence-electron chi connectivity index (χ0n) is 22.4. The van der Waals surface area contributed by atoms with Gasteiger partial charge in [0.25, 0.3) is 0 Å². The molecule has 4 heterocycles. The molecule has 4 aromatic rings. The molecule has 0 spiro atoms. The first kappa shape index (κ1) is 26.4. The summed E-state index contributed by atoms with van der Waals surface area (Å²) in [6.45, 7) is 9.81. The molecule has 2 aromatic carbocycles. The zero-order chi connectivity index (χ0) is 28.3. The summed E-state index contributed by atoms with van der Waals surface area (Å²) < 4.78 is 31.8. The van der Waals surface area contributed by atoms with Crippen LogP contribution in [0.2, 0.25) is 5.02 Å². The van der Waals surface area contributed by atoms with Gasteiger partial charge in [-0.1, -0.05) is 18.2 Å². The summed E-state index contributed by atoms with van der Waals surface area (Å²) in [5.41, 5.74) is 0.308. The molecule has 2 saturated heterocycles. The molecule has 0 bridgehead atoms. The van der Waals surface area contributed by atoms with E-state index in [9.17, 15) is 4.79 Å². The Kier molecular flexibility index (Phi) is 6.58. The average molecular weight is 567 g/mol. The van der Waals surface area contributed by atoms with Crippen molar-refractivity contribution in [3.63, 3.8) is 0 Å². The van der Waals surface area contributed by atoms with E-state index in [1.807, 2.05) is 25.8 Å². The van der Waals surface area contributed by atoms with Gasteiger partial charge in [0.1, 0.15) is 17.2 Å². The van der Waals surface area contributed by atoms with Gasteiger partial charge in [-0.05, 0) is 45.2 Å². The lowest BCUT2D eigenvalue weighted by Gasteiger charge is -2.45. The predicted octanol–water partition coefficient (Wildman–Crippen LogP) is 4.12. The second kappa shape index (κ2) is 9.97. The lowest BCUT2D eigenvalue weighted by Crippen LogP contribution is -2.59. The van der Waals surface area contributed by atoms with Crippen LogP contribution in [0.15, 0.2) is 37.1 Å². The van der Waals surface area contributed by atoms with Gasteiger partial charge in [-0.15, -0.1) is 0 Å². The number of benzene rings is 2. The van der Waals surface area contributed by atoms with E-state index in [0.29, 0.717) is 54.2 Å². The SMILES string of the molecule is C=CC(=O)N1C[C@H](C)N(c2nc(N3CC(NC)C3)nc3c(F)c(-c4c(F)ccc5cn[nH]c45)c(Cl)cc23)C[C@H]1C. The van der Waals surface area contributed by atoms with Gasteiger partial charge in [-0.3, -0.25) is 9.89 Å². The summed E-state index contributed by atoms with van der Waals surface area (Å²) in [6, 6.07) is 4.45. The van der Waals surface area contributed by atoms with Crippen LogP contribution in [0, 0.1) is 11.6 Å². The van der Waals surface area contributed by atoms with Crippen LogP contribution in [0.25, 0.3) is 32.9 Å². The van der Waals surface area contributed by atoms with Crippen LogP contribution in [0.1, 0.15) is 13.8 Å². The summed E-state index contributed by atoms with van der Waals surface area (Å²) in [4.78, 5) is 27.8. The number of piperazine rings is 1. The van der Waals surface area contributed by atoms with Crippen LogP contribution in [0.5, 0.6) is 0 Å². The first-order valence-electron chi connectivity index (χ1n) is 13.1. The predicted molar refractivity (Wildman–Crippen MR) is 153 cm³/mol. The highest BCUT2D eigenvalue weighted by Gasteiger charge is 2.35. The average Bonchev–Trinajstić information content (AvgIpc) is 3.39. The maximum Gasteiger partial charge on any atom is 0.246 e. The maximum absolute atomic E-state index is 16.6. The number of anilines is 2. The van der Waals surface area contributed by atoms with Gasteiger partial charge in [-0.25, -0.2) is 13.8 Å². The number of hydrogen-bond donors (Lipinski definition) is 2. The fourth-order valence-corrected chi connectivity index (χ4v) is 5.95. The van der Waals surface area contributed by atoms with Gasteiger partial charge >= 0.3 is 0 Å². The van der Waals surface area contributed by atoms with Crippen molar-refractivity contribution in [2.75, 3.05) is 43.0 Å². The summed E-state index contributed by atoms with van der Waals surface area (Å²) in [6.07, 6.45) is 2.86. The molecule has 2 aliphatic rings. The molecule has 0 aliphatic carbocycles. The Balaban J connectivity index is 1.55. The summed E-state index contributed by atoms with van der Waals surface area (Å²) in [5.74, 6) is -0.604. The monoisotopic (exact) mass is 566 g/mol. The van der Waals surface area contributed by atoms with E-state index in [1.54, 1.807) is 23.2 Å². The Hall–Kier alpha value is -3.83. The molecule has 12 heteroatoms. The topological polar surface area (TPSA) is 93.3 Å². The fraction of sp³-hybridized carbons (Fsp3) is 0.357. The zero-order valence-corrected chi connectivity index (χ0v) is 23.1. The number of fused-ring (bicyclic) bond motifs is 2. The van der Waals surface area contributed by atoms with Crippen LogP contribution in [0.4, 0.5) is 20.5 Å². The third kappa shape index (κ3) is 4.15. The van der Waals surface area contributed by atoms with Gasteiger partial charge in [0.15, 0.2) is 5.82 Å². The standard InChI is InChI=1S/C28H29ClF2N8O/c1-5-21(40)38-10-15(3)39(11-14(38)2)27-18-8-19(29)22(23-20(30)7-6-16-9-33-36-25(16)23)24(31)26(18)34-28(35-27)37-12-17(13-37)32-4/h5-9,14-15,17,32H,1,10-13H2,2-4H3,(H,33,36)/t14-,15+/m1/s1. The Morgan fingerprint density at radius 3 is 2.65 bits per heavy atom. The molecule has 2 aliphatic heterocycles. The van der Waals surface area contributed by atoms with E-state index in [-0.39, 0.29) is 45.7 Å². The van der Waals surface area contributed by atoms with E-state index >= 15 is 8.78 Å². The van der Waals surface area contributed by atoms with Crippen molar-refractivity contribution in [2.24, 2.45) is 0 Å². The first-order chi connectivity index (χ1) is 19.2. The molecule has 9 nitrogen and oxygen atoms in total. The number of carbonyl (C=O) groups excluding carboxylic acids is 1. The second-order valence-electron chi connectivity index (χ2n) is 10.5. The number of nitrogens with zero attached hydrogens (tertiary/aromatic N) is 6. The first-order valence-corrected chi connectivity index (χ1v) is 13.5. The molecule has 0 unspecified atom stereocenters. The normalized spacial score (nSPS) is 19.9. The van der Waals surface area contributed by atoms with E-state index in [4.69, 9.17) is 16.6 Å². The minimum Gasteiger partial charge on any atom is -0.349 e. The lowest BCUT2D eigenvalue weighted by molar-refractivity contribution is -0.128. The number of nitrogens with one attached hydrogen (secondary N) is 2. The van der Waals surface area contributed by atoms with Crippen LogP contribution >= 0.6 is 11.6 Å². The molecule has 6 rings (SSSR count). The summed E-state index contributed by atoms with van der Waals surface area (Å²) in [5, 5.41) is 11.1. The minimum absolute atomic E-state index is 0.00106.